The van der Waals surface area contributed by atoms with Gasteiger partial charge >= 0.3 is 0 Å². The highest BCUT2D eigenvalue weighted by Crippen LogP contribution is 2.30. The van der Waals surface area contributed by atoms with Crippen molar-refractivity contribution in [2.24, 2.45) is 0 Å². The number of nitrogens with two attached hydrogens (primary N) is 1. The first-order valence-electron chi connectivity index (χ1n) is 6.31. The summed E-state index contributed by atoms with van der Waals surface area (Å²) in [5, 5.41) is 11.0. The van der Waals surface area contributed by atoms with Gasteiger partial charge in [0.2, 0.25) is 0 Å². The molecule has 0 aliphatic heterocycles. The molecule has 0 aliphatic carbocycles. The second-order valence-corrected chi connectivity index (χ2v) is 5.33. The lowest BCUT2D eigenvalue weighted by Crippen LogP contribution is -3.00. The molecule has 5 nitrogen and oxygen atoms in total. The van der Waals surface area contributed by atoms with Crippen molar-refractivity contribution in [1.82, 2.24) is 4.48 Å². The van der Waals surface area contributed by atoms with Gasteiger partial charge in [-0.15, -0.1) is 0 Å². The van der Waals surface area contributed by atoms with Crippen LogP contribution in [-0.4, -0.2) is 19.0 Å². The summed E-state index contributed by atoms with van der Waals surface area (Å²) in [4.78, 5) is 10.5. The predicted molar refractivity (Wildman–Crippen MR) is 81.3 cm³/mol. The monoisotopic (exact) mass is 307 g/mol. The maximum atomic E-state index is 11.0. The van der Waals surface area contributed by atoms with Crippen molar-refractivity contribution >= 4 is 17.1 Å². The summed E-state index contributed by atoms with van der Waals surface area (Å²) in [7, 11) is 4.03. The summed E-state index contributed by atoms with van der Waals surface area (Å²) in [6.07, 6.45) is 0. The van der Waals surface area contributed by atoms with Gasteiger partial charge in [-0.25, -0.2) is 0 Å². The molecule has 0 heterocycles. The van der Waals surface area contributed by atoms with Crippen LogP contribution in [-0.2, 0) is 6.54 Å². The molecule has 0 saturated heterocycles. The normalized spacial score (nSPS) is 10.8. The lowest BCUT2D eigenvalue weighted by atomic mass is 10.1. The number of benzene rings is 2. The van der Waals surface area contributed by atoms with Crippen molar-refractivity contribution in [3.63, 3.8) is 0 Å². The average Bonchev–Trinajstić information content (AvgIpc) is 2.39. The van der Waals surface area contributed by atoms with Gasteiger partial charge in [0, 0.05) is 11.6 Å². The molecule has 2 N–H and O–H groups in total. The van der Waals surface area contributed by atoms with Crippen molar-refractivity contribution in [1.29, 1.82) is 0 Å². The zero-order valence-electron chi connectivity index (χ0n) is 12.0. The molecular weight excluding hydrogens is 290 g/mol. The molecule has 0 spiro atoms. The molecular formula is C15H18ClN3O2. The molecule has 0 bridgehead atoms. The molecule has 0 atom stereocenters. The van der Waals surface area contributed by atoms with E-state index in [1.807, 2.05) is 50.5 Å². The summed E-state index contributed by atoms with van der Waals surface area (Å²) in [6.45, 7) is 0.752. The first-order valence-corrected chi connectivity index (χ1v) is 6.31. The number of quaternary nitrogens is 1. The lowest BCUT2D eigenvalue weighted by molar-refractivity contribution is -0.383. The Morgan fingerprint density at radius 2 is 1.76 bits per heavy atom. The van der Waals surface area contributed by atoms with E-state index in [2.05, 4.69) is 0 Å². The van der Waals surface area contributed by atoms with E-state index in [0.29, 0.717) is 4.48 Å². The molecule has 21 heavy (non-hydrogen) atoms. The Morgan fingerprint density at radius 3 is 2.33 bits per heavy atom. The summed E-state index contributed by atoms with van der Waals surface area (Å²) in [5.41, 5.74) is 7.82. The second kappa shape index (κ2) is 6.56. The minimum Gasteiger partial charge on any atom is -1.00 e. The number of nitro benzene ring substituents is 1. The minimum atomic E-state index is -0.443. The lowest BCUT2D eigenvalue weighted by Gasteiger charge is -2.29. The molecule has 0 fully saturated rings. The molecule has 2 rings (SSSR count). The van der Waals surface area contributed by atoms with Crippen LogP contribution in [0.25, 0.3) is 0 Å². The molecule has 0 aliphatic rings. The molecule has 112 valence electrons. The van der Waals surface area contributed by atoms with E-state index in [9.17, 15) is 10.1 Å². The van der Waals surface area contributed by atoms with Crippen molar-refractivity contribution in [2.45, 2.75) is 6.54 Å². The third kappa shape index (κ3) is 3.93. The van der Waals surface area contributed by atoms with Crippen LogP contribution in [0.3, 0.4) is 0 Å². The largest absolute Gasteiger partial charge is 1.00 e. The fourth-order valence-corrected chi connectivity index (χ4v) is 2.20. The Kier molecular flexibility index (Phi) is 5.29. The highest BCUT2D eigenvalue weighted by atomic mass is 35.5. The molecule has 0 aromatic heterocycles. The van der Waals surface area contributed by atoms with E-state index in [-0.39, 0.29) is 23.8 Å². The van der Waals surface area contributed by atoms with Crippen molar-refractivity contribution in [2.75, 3.05) is 19.8 Å². The van der Waals surface area contributed by atoms with E-state index < -0.39 is 4.92 Å². The number of nitro groups is 1. The number of nitrogens with zero attached hydrogens (tertiary/aromatic N) is 2. The van der Waals surface area contributed by atoms with Gasteiger partial charge in [0.25, 0.3) is 5.69 Å². The zero-order valence-corrected chi connectivity index (χ0v) is 12.7. The fourth-order valence-electron chi connectivity index (χ4n) is 2.20. The van der Waals surface area contributed by atoms with E-state index >= 15 is 0 Å². The van der Waals surface area contributed by atoms with Gasteiger partial charge in [-0.3, -0.25) is 14.6 Å². The van der Waals surface area contributed by atoms with Gasteiger partial charge in [-0.05, 0) is 6.07 Å². The Hall–Kier alpha value is -2.11. The zero-order chi connectivity index (χ0) is 14.8. The van der Waals surface area contributed by atoms with Crippen molar-refractivity contribution in [3.8, 4) is 0 Å². The highest BCUT2D eigenvalue weighted by Gasteiger charge is 2.23. The van der Waals surface area contributed by atoms with Gasteiger partial charge in [0.15, 0.2) is 0 Å². The number of halogens is 1. The maximum Gasteiger partial charge on any atom is 0.298 e. The highest BCUT2D eigenvalue weighted by molar-refractivity contribution is 5.65. The smallest absolute Gasteiger partial charge is 0.298 e. The molecule has 0 amide bonds. The third-order valence-electron chi connectivity index (χ3n) is 3.33. The van der Waals surface area contributed by atoms with Crippen LogP contribution >= 0.6 is 0 Å². The fraction of sp³-hybridized carbons (Fsp3) is 0.200. The topological polar surface area (TPSA) is 69.2 Å². The summed E-state index contributed by atoms with van der Waals surface area (Å²) >= 11 is 0. The van der Waals surface area contributed by atoms with E-state index in [1.54, 1.807) is 12.1 Å². The second-order valence-electron chi connectivity index (χ2n) is 5.33. The van der Waals surface area contributed by atoms with Crippen molar-refractivity contribution < 1.29 is 17.3 Å². The summed E-state index contributed by atoms with van der Waals surface area (Å²) in [6, 6.07) is 15.0. The van der Waals surface area contributed by atoms with Gasteiger partial charge < -0.3 is 18.1 Å². The molecule has 0 radical (unpaired) electrons. The standard InChI is InChI=1S/C15H18N3O2.ClH/c1-18(2,11-12-6-4-3-5-7-12)13-8-9-14(16)15(10-13)17(19)20;/h3-10H,11,16H2,1-2H3;1H/q+1;/p-1. The Bertz CT molecular complexity index is 630. The van der Waals surface area contributed by atoms with Crippen molar-refractivity contribution in [3.05, 3.63) is 64.2 Å². The van der Waals surface area contributed by atoms with E-state index in [4.69, 9.17) is 5.73 Å². The summed E-state index contributed by atoms with van der Waals surface area (Å²) < 4.78 is 0.519. The molecule has 6 heteroatoms. The van der Waals surface area contributed by atoms with Crippen LogP contribution in [0.5, 0.6) is 0 Å². The van der Waals surface area contributed by atoms with Crippen LogP contribution in [0.15, 0.2) is 48.5 Å². The SMILES string of the molecule is C[N+](C)(Cc1ccccc1)c1ccc(N)c([N+](=O)[O-])c1.[Cl-]. The van der Waals surface area contributed by atoms with Crippen LogP contribution in [0.4, 0.5) is 17.1 Å². The molecule has 0 unspecified atom stereocenters. The van der Waals surface area contributed by atoms with Gasteiger partial charge in [0.05, 0.1) is 25.1 Å². The van der Waals surface area contributed by atoms with E-state index in [0.717, 1.165) is 12.2 Å². The number of anilines is 1. The average molecular weight is 308 g/mol. The molecule has 2 aromatic carbocycles. The first-order chi connectivity index (χ1) is 9.40. The van der Waals surface area contributed by atoms with Crippen LogP contribution in [0.1, 0.15) is 5.56 Å². The number of hydrogen-bond acceptors (Lipinski definition) is 3. The summed E-state index contributed by atoms with van der Waals surface area (Å²) in [5.74, 6) is 0. The van der Waals surface area contributed by atoms with Gasteiger partial charge in [0.1, 0.15) is 17.9 Å². The van der Waals surface area contributed by atoms with Crippen LogP contribution < -0.4 is 22.6 Å². The Morgan fingerprint density at radius 1 is 1.14 bits per heavy atom. The predicted octanol–water partition coefficient (Wildman–Crippen LogP) is -0.0519. The first kappa shape index (κ1) is 16.9. The molecule has 0 saturated carbocycles. The number of rotatable bonds is 4. The third-order valence-corrected chi connectivity index (χ3v) is 3.33. The Labute approximate surface area is 130 Å². The van der Waals surface area contributed by atoms with Gasteiger partial charge in [-0.1, -0.05) is 30.3 Å². The van der Waals surface area contributed by atoms with Crippen LogP contribution in [0, 0.1) is 10.1 Å². The molecule has 2 aromatic rings. The van der Waals surface area contributed by atoms with Crippen LogP contribution in [0.2, 0.25) is 0 Å². The number of hydrogen-bond donors (Lipinski definition) is 1. The number of nitrogen functional groups attached to an aromatic ring is 1. The van der Waals surface area contributed by atoms with Gasteiger partial charge in [-0.2, -0.15) is 0 Å². The maximum absolute atomic E-state index is 11.0. The van der Waals surface area contributed by atoms with E-state index in [1.165, 1.54) is 5.56 Å². The quantitative estimate of drug-likeness (QED) is 0.373. The Balaban J connectivity index is 0.00000220. The minimum absolute atomic E-state index is 0.